The summed E-state index contributed by atoms with van der Waals surface area (Å²) in [5.41, 5.74) is 1.38. The second-order valence-corrected chi connectivity index (χ2v) is 9.58. The summed E-state index contributed by atoms with van der Waals surface area (Å²) in [6, 6.07) is 23.7. The van der Waals surface area contributed by atoms with Crippen molar-refractivity contribution >= 4 is 64.3 Å². The SMILES string of the molecule is O=C(Nc1cccc(SCC(=O)c2ccc(Cl)c(Cl)c2)c1)/C(=C/c1ccco1)NC(=O)c1ccccc1. The Morgan fingerprint density at radius 2 is 1.65 bits per heavy atom. The second kappa shape index (κ2) is 12.5. The monoisotopic (exact) mass is 550 g/mol. The van der Waals surface area contributed by atoms with Crippen molar-refractivity contribution in [1.29, 1.82) is 0 Å². The number of halogens is 2. The summed E-state index contributed by atoms with van der Waals surface area (Å²) in [7, 11) is 0. The Kier molecular flexibility index (Phi) is 8.85. The average molecular weight is 551 g/mol. The molecular weight excluding hydrogens is 531 g/mol. The number of furan rings is 1. The molecule has 0 aliphatic carbocycles. The summed E-state index contributed by atoms with van der Waals surface area (Å²) in [5, 5.41) is 6.15. The Hall–Kier alpha value is -3.78. The Labute approximate surface area is 227 Å². The van der Waals surface area contributed by atoms with E-state index in [0.717, 1.165) is 4.90 Å². The molecule has 186 valence electrons. The van der Waals surface area contributed by atoms with Crippen LogP contribution in [0, 0.1) is 0 Å². The summed E-state index contributed by atoms with van der Waals surface area (Å²) in [6.45, 7) is 0. The first-order chi connectivity index (χ1) is 17.9. The van der Waals surface area contributed by atoms with E-state index in [9.17, 15) is 14.4 Å². The number of hydrogen-bond acceptors (Lipinski definition) is 5. The van der Waals surface area contributed by atoms with Gasteiger partial charge in [0, 0.05) is 27.8 Å². The fourth-order valence-corrected chi connectivity index (χ4v) is 4.37. The maximum absolute atomic E-state index is 13.1. The van der Waals surface area contributed by atoms with Gasteiger partial charge in [0.25, 0.3) is 11.8 Å². The maximum Gasteiger partial charge on any atom is 0.272 e. The molecule has 1 heterocycles. The number of carbonyl (C=O) groups is 3. The molecule has 1 aromatic heterocycles. The van der Waals surface area contributed by atoms with Crippen molar-refractivity contribution in [3.8, 4) is 0 Å². The summed E-state index contributed by atoms with van der Waals surface area (Å²) >= 11 is 13.3. The van der Waals surface area contributed by atoms with Crippen LogP contribution in [0.15, 0.2) is 106 Å². The van der Waals surface area contributed by atoms with Crippen LogP contribution in [-0.4, -0.2) is 23.4 Å². The van der Waals surface area contributed by atoms with Crippen LogP contribution >= 0.6 is 35.0 Å². The lowest BCUT2D eigenvalue weighted by Gasteiger charge is -2.12. The van der Waals surface area contributed by atoms with Crippen LogP contribution in [0.3, 0.4) is 0 Å². The van der Waals surface area contributed by atoms with Gasteiger partial charge in [-0.15, -0.1) is 11.8 Å². The standard InChI is InChI=1S/C28H20Cl2N2O4S/c29-23-12-11-19(14-24(23)30)26(33)17-37-22-10-4-8-20(15-22)31-28(35)25(16-21-9-5-13-36-21)32-27(34)18-6-2-1-3-7-18/h1-16H,17H2,(H,31,35)(H,32,34)/b25-16-. The first kappa shape index (κ1) is 26.3. The van der Waals surface area contributed by atoms with Gasteiger partial charge in [0.2, 0.25) is 0 Å². The highest BCUT2D eigenvalue weighted by molar-refractivity contribution is 8.00. The number of thioether (sulfide) groups is 1. The number of hydrogen-bond donors (Lipinski definition) is 2. The number of nitrogens with one attached hydrogen (secondary N) is 2. The maximum atomic E-state index is 13.1. The average Bonchev–Trinajstić information content (AvgIpc) is 3.42. The zero-order chi connectivity index (χ0) is 26.2. The molecule has 4 rings (SSSR count). The normalized spacial score (nSPS) is 11.1. The number of rotatable bonds is 9. The van der Waals surface area contributed by atoms with Crippen LogP contribution in [-0.2, 0) is 4.79 Å². The minimum atomic E-state index is -0.533. The van der Waals surface area contributed by atoms with E-state index in [1.165, 1.54) is 24.1 Å². The molecular formula is C28H20Cl2N2O4S. The molecule has 0 saturated heterocycles. The number of amides is 2. The van der Waals surface area contributed by atoms with Gasteiger partial charge in [-0.05, 0) is 60.7 Å². The number of ketones is 1. The first-order valence-corrected chi connectivity index (χ1v) is 12.8. The highest BCUT2D eigenvalue weighted by Gasteiger charge is 2.16. The van der Waals surface area contributed by atoms with E-state index in [1.54, 1.807) is 78.9 Å². The summed E-state index contributed by atoms with van der Waals surface area (Å²) in [4.78, 5) is 39.1. The molecule has 0 saturated carbocycles. The Morgan fingerprint density at radius 3 is 2.38 bits per heavy atom. The van der Waals surface area contributed by atoms with E-state index in [-0.39, 0.29) is 17.2 Å². The quantitative estimate of drug-likeness (QED) is 0.133. The molecule has 2 N–H and O–H groups in total. The number of Topliss-reactive ketones (excluding diaryl/α,β-unsaturated/α-hetero) is 1. The molecule has 0 spiro atoms. The lowest BCUT2D eigenvalue weighted by atomic mass is 10.1. The topological polar surface area (TPSA) is 88.4 Å². The third-order valence-corrected chi connectivity index (χ3v) is 6.79. The van der Waals surface area contributed by atoms with Crippen LogP contribution < -0.4 is 10.6 Å². The Balaban J connectivity index is 1.45. The fourth-order valence-electron chi connectivity index (χ4n) is 3.22. The van der Waals surface area contributed by atoms with Gasteiger partial charge in [-0.3, -0.25) is 14.4 Å². The Morgan fingerprint density at radius 1 is 0.838 bits per heavy atom. The predicted molar refractivity (Wildman–Crippen MR) is 147 cm³/mol. The molecule has 0 unspecified atom stereocenters. The van der Waals surface area contributed by atoms with Crippen molar-refractivity contribution in [3.63, 3.8) is 0 Å². The van der Waals surface area contributed by atoms with E-state index in [4.69, 9.17) is 27.6 Å². The first-order valence-electron chi connectivity index (χ1n) is 11.0. The number of carbonyl (C=O) groups excluding carboxylic acids is 3. The minimum absolute atomic E-state index is 0.0108. The summed E-state index contributed by atoms with van der Waals surface area (Å²) < 4.78 is 5.32. The minimum Gasteiger partial charge on any atom is -0.465 e. The molecule has 6 nitrogen and oxygen atoms in total. The van der Waals surface area contributed by atoms with E-state index in [2.05, 4.69) is 10.6 Å². The highest BCUT2D eigenvalue weighted by atomic mass is 35.5. The highest BCUT2D eigenvalue weighted by Crippen LogP contribution is 2.26. The number of benzene rings is 3. The van der Waals surface area contributed by atoms with Gasteiger partial charge in [-0.25, -0.2) is 0 Å². The number of anilines is 1. The van der Waals surface area contributed by atoms with Crippen LogP contribution in [0.1, 0.15) is 26.5 Å². The summed E-state index contributed by atoms with van der Waals surface area (Å²) in [6.07, 6.45) is 2.92. The van der Waals surface area contributed by atoms with Crippen molar-refractivity contribution in [2.75, 3.05) is 11.1 Å². The van der Waals surface area contributed by atoms with Gasteiger partial charge < -0.3 is 15.1 Å². The second-order valence-electron chi connectivity index (χ2n) is 7.72. The van der Waals surface area contributed by atoms with Crippen LogP contribution in [0.5, 0.6) is 0 Å². The van der Waals surface area contributed by atoms with Gasteiger partial charge >= 0.3 is 0 Å². The van der Waals surface area contributed by atoms with Gasteiger partial charge in [0.05, 0.1) is 22.1 Å². The van der Waals surface area contributed by atoms with Crippen molar-refractivity contribution in [2.24, 2.45) is 0 Å². The van der Waals surface area contributed by atoms with Crippen molar-refractivity contribution in [2.45, 2.75) is 4.90 Å². The van der Waals surface area contributed by atoms with Gasteiger partial charge in [0.1, 0.15) is 11.5 Å². The van der Waals surface area contributed by atoms with Gasteiger partial charge in [0.15, 0.2) is 5.78 Å². The third kappa shape index (κ3) is 7.36. The molecule has 3 aromatic carbocycles. The molecule has 0 atom stereocenters. The van der Waals surface area contributed by atoms with E-state index in [1.807, 2.05) is 6.07 Å². The van der Waals surface area contributed by atoms with E-state index < -0.39 is 11.8 Å². The molecule has 0 bridgehead atoms. The van der Waals surface area contributed by atoms with E-state index >= 15 is 0 Å². The van der Waals surface area contributed by atoms with Crippen molar-refractivity contribution < 1.29 is 18.8 Å². The molecule has 0 radical (unpaired) electrons. The molecule has 0 fully saturated rings. The predicted octanol–water partition coefficient (Wildman–Crippen LogP) is 6.97. The molecule has 2 amide bonds. The zero-order valence-electron chi connectivity index (χ0n) is 19.2. The molecule has 0 aliphatic rings. The van der Waals surface area contributed by atoms with Crippen LogP contribution in [0.25, 0.3) is 6.08 Å². The molecule has 4 aromatic rings. The molecule has 0 aliphatic heterocycles. The molecule has 37 heavy (non-hydrogen) atoms. The lowest BCUT2D eigenvalue weighted by Crippen LogP contribution is -2.30. The van der Waals surface area contributed by atoms with Crippen molar-refractivity contribution in [1.82, 2.24) is 5.32 Å². The van der Waals surface area contributed by atoms with Crippen LogP contribution in [0.4, 0.5) is 5.69 Å². The van der Waals surface area contributed by atoms with Gasteiger partial charge in [-0.1, -0.05) is 47.5 Å². The van der Waals surface area contributed by atoms with Gasteiger partial charge in [-0.2, -0.15) is 0 Å². The van der Waals surface area contributed by atoms with Crippen molar-refractivity contribution in [3.05, 3.63) is 124 Å². The lowest BCUT2D eigenvalue weighted by molar-refractivity contribution is -0.113. The fraction of sp³-hybridized carbons (Fsp3) is 0.0357. The van der Waals surface area contributed by atoms with Crippen LogP contribution in [0.2, 0.25) is 10.0 Å². The zero-order valence-corrected chi connectivity index (χ0v) is 21.6. The van der Waals surface area contributed by atoms with E-state index in [0.29, 0.717) is 32.6 Å². The largest absolute Gasteiger partial charge is 0.465 e. The Bertz CT molecular complexity index is 1450. The summed E-state index contributed by atoms with van der Waals surface area (Å²) in [5.74, 6) is -0.492. The third-order valence-electron chi connectivity index (χ3n) is 5.06. The molecule has 9 heteroatoms. The smallest absolute Gasteiger partial charge is 0.272 e.